The minimum absolute atomic E-state index is 0.189. The van der Waals surface area contributed by atoms with Gasteiger partial charge in [0.25, 0.3) is 0 Å². The van der Waals surface area contributed by atoms with Crippen LogP contribution in [0.25, 0.3) is 11.1 Å². The van der Waals surface area contributed by atoms with Gasteiger partial charge in [-0.15, -0.1) is 0 Å². The molecule has 0 aliphatic heterocycles. The van der Waals surface area contributed by atoms with E-state index in [0.717, 1.165) is 16.7 Å². The summed E-state index contributed by atoms with van der Waals surface area (Å²) in [5.74, 6) is 0. The van der Waals surface area contributed by atoms with Gasteiger partial charge in [0.15, 0.2) is 0 Å². The van der Waals surface area contributed by atoms with Gasteiger partial charge in [-0.25, -0.2) is 4.79 Å². The Morgan fingerprint density at radius 2 is 2.10 bits per heavy atom. The van der Waals surface area contributed by atoms with E-state index in [0.29, 0.717) is 6.54 Å². The van der Waals surface area contributed by atoms with Crippen LogP contribution in [0.5, 0.6) is 0 Å². The van der Waals surface area contributed by atoms with Crippen molar-refractivity contribution < 1.29 is 9.21 Å². The smallest absolute Gasteiger partial charge is 0.315 e. The lowest BCUT2D eigenvalue weighted by Gasteiger charge is -2.20. The van der Waals surface area contributed by atoms with Gasteiger partial charge in [0.2, 0.25) is 0 Å². The molecule has 106 valence electrons. The summed E-state index contributed by atoms with van der Waals surface area (Å²) in [6.07, 6.45) is 6.79. The van der Waals surface area contributed by atoms with E-state index in [-0.39, 0.29) is 11.6 Å². The van der Waals surface area contributed by atoms with E-state index in [1.165, 1.54) is 0 Å². The maximum Gasteiger partial charge on any atom is 0.315 e. The van der Waals surface area contributed by atoms with Crippen molar-refractivity contribution in [3.63, 3.8) is 0 Å². The lowest BCUT2D eigenvalue weighted by molar-refractivity contribution is 0.231. The zero-order valence-electron chi connectivity index (χ0n) is 11.9. The number of furan rings is 1. The Bertz CT molecular complexity index is 571. The van der Waals surface area contributed by atoms with Crippen molar-refractivity contribution in [2.75, 3.05) is 0 Å². The van der Waals surface area contributed by atoms with Gasteiger partial charge in [-0.2, -0.15) is 0 Å². The second kappa shape index (κ2) is 5.77. The lowest BCUT2D eigenvalue weighted by Crippen LogP contribution is -2.46. The molecule has 20 heavy (non-hydrogen) atoms. The highest BCUT2D eigenvalue weighted by Crippen LogP contribution is 2.19. The summed E-state index contributed by atoms with van der Waals surface area (Å²) in [5, 5.41) is 5.66. The average Bonchev–Trinajstić information content (AvgIpc) is 2.88. The van der Waals surface area contributed by atoms with E-state index in [1.54, 1.807) is 24.9 Å². The van der Waals surface area contributed by atoms with Crippen molar-refractivity contribution >= 4 is 6.03 Å². The predicted molar refractivity (Wildman–Crippen MR) is 77.1 cm³/mol. The Balaban J connectivity index is 1.97. The van der Waals surface area contributed by atoms with E-state index in [9.17, 15) is 4.79 Å². The minimum Gasteiger partial charge on any atom is -0.472 e. The Morgan fingerprint density at radius 1 is 1.30 bits per heavy atom. The summed E-state index contributed by atoms with van der Waals surface area (Å²) < 4.78 is 5.05. The van der Waals surface area contributed by atoms with Crippen LogP contribution in [0.1, 0.15) is 26.3 Å². The first-order valence-corrected chi connectivity index (χ1v) is 6.46. The molecule has 0 saturated heterocycles. The number of urea groups is 1. The largest absolute Gasteiger partial charge is 0.472 e. The second-order valence-corrected chi connectivity index (χ2v) is 5.65. The molecule has 0 fully saturated rings. The van der Waals surface area contributed by atoms with Crippen molar-refractivity contribution in [3.8, 4) is 11.1 Å². The van der Waals surface area contributed by atoms with Crippen LogP contribution in [0.3, 0.4) is 0 Å². The number of nitrogens with zero attached hydrogens (tertiary/aromatic N) is 1. The zero-order chi connectivity index (χ0) is 14.6. The van der Waals surface area contributed by atoms with Crippen molar-refractivity contribution in [2.45, 2.75) is 32.9 Å². The molecule has 2 aromatic heterocycles. The van der Waals surface area contributed by atoms with Gasteiger partial charge in [-0.3, -0.25) is 4.98 Å². The molecule has 5 nitrogen and oxygen atoms in total. The molecule has 0 aromatic carbocycles. The van der Waals surface area contributed by atoms with E-state index in [1.807, 2.05) is 32.9 Å². The summed E-state index contributed by atoms with van der Waals surface area (Å²) >= 11 is 0. The van der Waals surface area contributed by atoms with Crippen LogP contribution < -0.4 is 10.6 Å². The third-order valence-corrected chi connectivity index (χ3v) is 2.59. The van der Waals surface area contributed by atoms with Crippen LogP contribution in [0.2, 0.25) is 0 Å². The van der Waals surface area contributed by atoms with E-state index < -0.39 is 0 Å². The van der Waals surface area contributed by atoms with Crippen LogP contribution in [0.4, 0.5) is 4.79 Å². The van der Waals surface area contributed by atoms with Crippen LogP contribution in [-0.4, -0.2) is 16.6 Å². The molecule has 0 saturated carbocycles. The van der Waals surface area contributed by atoms with Crippen LogP contribution >= 0.6 is 0 Å². The first-order chi connectivity index (χ1) is 9.44. The molecule has 0 aliphatic rings. The van der Waals surface area contributed by atoms with Gasteiger partial charge in [-0.1, -0.05) is 0 Å². The highest BCUT2D eigenvalue weighted by Gasteiger charge is 2.13. The van der Waals surface area contributed by atoms with Crippen LogP contribution in [-0.2, 0) is 6.54 Å². The lowest BCUT2D eigenvalue weighted by atomic mass is 10.1. The monoisotopic (exact) mass is 273 g/mol. The van der Waals surface area contributed by atoms with Crippen molar-refractivity contribution in [2.24, 2.45) is 0 Å². The number of rotatable bonds is 3. The number of aromatic nitrogens is 1. The van der Waals surface area contributed by atoms with Crippen LogP contribution in [0.15, 0.2) is 41.5 Å². The molecule has 2 aromatic rings. The SMILES string of the molecule is CC(C)(C)NC(=O)NCc1cncc(-c2ccoc2)c1. The van der Waals surface area contributed by atoms with E-state index in [2.05, 4.69) is 15.6 Å². The van der Waals surface area contributed by atoms with Crippen LogP contribution in [0, 0.1) is 0 Å². The third kappa shape index (κ3) is 4.12. The standard InChI is InChI=1S/C15H19N3O2/c1-15(2,3)18-14(19)17-8-11-6-13(9-16-7-11)12-4-5-20-10-12/h4-7,9-10H,8H2,1-3H3,(H2,17,18,19). The maximum absolute atomic E-state index is 11.7. The van der Waals surface area contributed by atoms with E-state index >= 15 is 0 Å². The fraction of sp³-hybridized carbons (Fsp3) is 0.333. The Kier molecular flexibility index (Phi) is 4.08. The summed E-state index contributed by atoms with van der Waals surface area (Å²) in [6, 6.07) is 3.67. The molecule has 0 spiro atoms. The summed E-state index contributed by atoms with van der Waals surface area (Å²) in [6.45, 7) is 6.25. The van der Waals surface area contributed by atoms with Gasteiger partial charge >= 0.3 is 6.03 Å². The number of amides is 2. The number of hydrogen-bond acceptors (Lipinski definition) is 3. The Labute approximate surface area is 118 Å². The molecule has 0 bridgehead atoms. The quantitative estimate of drug-likeness (QED) is 0.903. The molecule has 2 rings (SSSR count). The molecule has 5 heteroatoms. The minimum atomic E-state index is -0.249. The van der Waals surface area contributed by atoms with Crippen molar-refractivity contribution in [1.82, 2.24) is 15.6 Å². The van der Waals surface area contributed by atoms with Gasteiger partial charge < -0.3 is 15.1 Å². The normalized spacial score (nSPS) is 11.2. The van der Waals surface area contributed by atoms with Crippen molar-refractivity contribution in [3.05, 3.63) is 42.6 Å². The number of carbonyl (C=O) groups is 1. The number of hydrogen-bond donors (Lipinski definition) is 2. The second-order valence-electron chi connectivity index (χ2n) is 5.65. The van der Waals surface area contributed by atoms with E-state index in [4.69, 9.17) is 4.42 Å². The summed E-state index contributed by atoms with van der Waals surface area (Å²) in [5.41, 5.74) is 2.63. The Morgan fingerprint density at radius 3 is 2.75 bits per heavy atom. The van der Waals surface area contributed by atoms with Gasteiger partial charge in [-0.05, 0) is 38.5 Å². The summed E-state index contributed by atoms with van der Waals surface area (Å²) in [7, 11) is 0. The predicted octanol–water partition coefficient (Wildman–Crippen LogP) is 2.94. The fourth-order valence-electron chi connectivity index (χ4n) is 1.74. The highest BCUT2D eigenvalue weighted by atomic mass is 16.3. The fourth-order valence-corrected chi connectivity index (χ4v) is 1.74. The maximum atomic E-state index is 11.7. The molecule has 0 aliphatic carbocycles. The molecular weight excluding hydrogens is 254 g/mol. The molecule has 0 radical (unpaired) electrons. The van der Waals surface area contributed by atoms with Gasteiger partial charge in [0.1, 0.15) is 0 Å². The van der Waals surface area contributed by atoms with Gasteiger partial charge in [0, 0.05) is 35.6 Å². The number of carbonyl (C=O) groups excluding carboxylic acids is 1. The third-order valence-electron chi connectivity index (χ3n) is 2.59. The molecule has 2 N–H and O–H groups in total. The summed E-state index contributed by atoms with van der Waals surface area (Å²) in [4.78, 5) is 15.9. The molecule has 0 atom stereocenters. The highest BCUT2D eigenvalue weighted by molar-refractivity contribution is 5.74. The van der Waals surface area contributed by atoms with Crippen molar-refractivity contribution in [1.29, 1.82) is 0 Å². The number of nitrogens with one attached hydrogen (secondary N) is 2. The number of pyridine rings is 1. The Hall–Kier alpha value is -2.30. The average molecular weight is 273 g/mol. The molecule has 0 unspecified atom stereocenters. The molecule has 2 heterocycles. The zero-order valence-corrected chi connectivity index (χ0v) is 11.9. The first-order valence-electron chi connectivity index (χ1n) is 6.46. The first kappa shape index (κ1) is 14.1. The molecular formula is C15H19N3O2. The van der Waals surface area contributed by atoms with Gasteiger partial charge in [0.05, 0.1) is 12.5 Å². The molecule has 2 amide bonds. The topological polar surface area (TPSA) is 67.2 Å².